The first kappa shape index (κ1) is 20.9. The summed E-state index contributed by atoms with van der Waals surface area (Å²) in [6.07, 6.45) is 3.72. The minimum absolute atomic E-state index is 0.0284. The summed E-state index contributed by atoms with van der Waals surface area (Å²) in [7, 11) is 0. The molecule has 2 fully saturated rings. The van der Waals surface area contributed by atoms with E-state index in [2.05, 4.69) is 20.9 Å². The Balaban J connectivity index is 2.00. The second-order valence-electron chi connectivity index (χ2n) is 7.82. The van der Waals surface area contributed by atoms with Gasteiger partial charge in [-0.15, -0.1) is 0 Å². The highest BCUT2D eigenvalue weighted by atomic mass is 79.9. The van der Waals surface area contributed by atoms with Gasteiger partial charge in [0.1, 0.15) is 6.10 Å². The molecule has 0 unspecified atom stereocenters. The van der Waals surface area contributed by atoms with Crippen molar-refractivity contribution in [2.24, 2.45) is 28.9 Å². The Morgan fingerprint density at radius 1 is 1.43 bits per heavy atom. The quantitative estimate of drug-likeness (QED) is 0.679. The number of carbonyl (C=O) groups is 2. The normalized spacial score (nSPS) is 34.2. The molecule has 1 saturated heterocycles. The molecule has 3 rings (SSSR count). The highest BCUT2D eigenvalue weighted by Crippen LogP contribution is 2.61. The summed E-state index contributed by atoms with van der Waals surface area (Å²) in [5.74, 6) is -6.39. The first-order valence-electron chi connectivity index (χ1n) is 9.24. The molecule has 1 aliphatic heterocycles. The summed E-state index contributed by atoms with van der Waals surface area (Å²) < 4.78 is 36.1. The Labute approximate surface area is 170 Å². The maximum atomic E-state index is 15.0. The molecule has 1 amide bonds. The van der Waals surface area contributed by atoms with E-state index in [1.54, 1.807) is 31.3 Å². The summed E-state index contributed by atoms with van der Waals surface area (Å²) in [6, 6.07) is 3.58. The van der Waals surface area contributed by atoms with E-state index in [4.69, 9.17) is 10.5 Å². The van der Waals surface area contributed by atoms with Crippen LogP contribution in [0.4, 0.5) is 8.78 Å². The van der Waals surface area contributed by atoms with Crippen LogP contribution in [0, 0.1) is 23.2 Å². The molecule has 5 nitrogen and oxygen atoms in total. The van der Waals surface area contributed by atoms with Gasteiger partial charge in [0, 0.05) is 35.3 Å². The van der Waals surface area contributed by atoms with E-state index in [1.165, 1.54) is 6.92 Å². The Bertz CT molecular complexity index is 799. The number of rotatable bonds is 5. The van der Waals surface area contributed by atoms with Gasteiger partial charge in [-0.1, -0.05) is 13.0 Å². The number of carbonyl (C=O) groups excluding carboxylic acids is 2. The fourth-order valence-corrected chi connectivity index (χ4v) is 4.91. The van der Waals surface area contributed by atoms with E-state index in [-0.39, 0.29) is 12.8 Å². The smallest absolute Gasteiger partial charge is 0.313 e. The summed E-state index contributed by atoms with van der Waals surface area (Å²) in [4.78, 5) is 28.2. The molecule has 0 radical (unpaired) electrons. The Morgan fingerprint density at radius 3 is 2.75 bits per heavy atom. The number of hydrogen-bond donors (Lipinski definition) is 1. The second kappa shape index (κ2) is 7.54. The number of nitrogens with zero attached hydrogens (tertiary/aromatic N) is 1. The fraction of sp³-hybridized carbons (Fsp3) is 0.550. The van der Waals surface area contributed by atoms with Crippen molar-refractivity contribution in [1.82, 2.24) is 4.98 Å². The van der Waals surface area contributed by atoms with E-state index >= 15 is 0 Å². The molecule has 5 atom stereocenters. The van der Waals surface area contributed by atoms with Gasteiger partial charge in [-0.3, -0.25) is 14.6 Å². The van der Waals surface area contributed by atoms with Gasteiger partial charge in [0.05, 0.1) is 11.1 Å². The number of hydrogen-bond acceptors (Lipinski definition) is 4. The predicted molar refractivity (Wildman–Crippen MR) is 103 cm³/mol. The number of primary amides is 1. The number of pyridine rings is 1. The summed E-state index contributed by atoms with van der Waals surface area (Å²) >= 11 is 3.31. The molecule has 0 bridgehead atoms. The van der Waals surface area contributed by atoms with Crippen LogP contribution >= 0.6 is 15.9 Å². The van der Waals surface area contributed by atoms with Crippen LogP contribution in [0.2, 0.25) is 0 Å². The van der Waals surface area contributed by atoms with Crippen LogP contribution in [0.1, 0.15) is 38.8 Å². The third-order valence-corrected chi connectivity index (χ3v) is 6.58. The molecular formula is C20H23BrF2N2O3. The maximum absolute atomic E-state index is 15.0. The van der Waals surface area contributed by atoms with Gasteiger partial charge in [0.25, 0.3) is 5.92 Å². The molecule has 2 aliphatic rings. The third-order valence-electron chi connectivity index (χ3n) is 6.11. The number of esters is 1. The maximum Gasteiger partial charge on any atom is 0.313 e. The van der Waals surface area contributed by atoms with Gasteiger partial charge < -0.3 is 10.5 Å². The standard InChI is InChI=1S/C20H23BrF2N2O3/c1-11-15(6-5-14-4-3-13(21)9-25-14)17-12(2)28-18(27)19(17,8-7-16(24)26)10-20(11,22)23/h3-6,9,11-12,15,17H,7-8,10H2,1-2H3,(H2,24,26)/b6-5+/t11-,12+,15-,17-,19+/m0/s1. The largest absolute Gasteiger partial charge is 0.462 e. The monoisotopic (exact) mass is 456 g/mol. The summed E-state index contributed by atoms with van der Waals surface area (Å²) in [5, 5.41) is 0. The van der Waals surface area contributed by atoms with Crippen LogP contribution in [0.3, 0.4) is 0 Å². The highest BCUT2D eigenvalue weighted by Gasteiger charge is 2.67. The number of fused-ring (bicyclic) bond motifs is 1. The van der Waals surface area contributed by atoms with Gasteiger partial charge in [0.2, 0.25) is 5.91 Å². The molecule has 1 aliphatic carbocycles. The molecule has 1 aromatic heterocycles. The number of allylic oxidation sites excluding steroid dienone is 1. The topological polar surface area (TPSA) is 82.3 Å². The lowest BCUT2D eigenvalue weighted by atomic mass is 9.55. The van der Waals surface area contributed by atoms with Crippen molar-refractivity contribution in [1.29, 1.82) is 0 Å². The minimum atomic E-state index is -3.07. The third kappa shape index (κ3) is 3.71. The molecule has 2 heterocycles. The van der Waals surface area contributed by atoms with Crippen molar-refractivity contribution >= 4 is 33.9 Å². The first-order chi connectivity index (χ1) is 13.1. The lowest BCUT2D eigenvalue weighted by molar-refractivity contribution is -0.172. The lowest BCUT2D eigenvalue weighted by Gasteiger charge is -2.47. The van der Waals surface area contributed by atoms with Crippen molar-refractivity contribution in [3.63, 3.8) is 0 Å². The van der Waals surface area contributed by atoms with E-state index in [9.17, 15) is 18.4 Å². The van der Waals surface area contributed by atoms with Crippen LogP contribution in [0.25, 0.3) is 6.08 Å². The van der Waals surface area contributed by atoms with Crippen molar-refractivity contribution in [2.75, 3.05) is 0 Å². The predicted octanol–water partition coefficient (Wildman–Crippen LogP) is 3.96. The number of halogens is 3. The van der Waals surface area contributed by atoms with E-state index in [0.29, 0.717) is 5.69 Å². The molecule has 152 valence electrons. The lowest BCUT2D eigenvalue weighted by Crippen LogP contribution is -2.53. The van der Waals surface area contributed by atoms with Gasteiger partial charge in [-0.05, 0) is 53.4 Å². The number of amides is 1. The van der Waals surface area contributed by atoms with Gasteiger partial charge in [-0.2, -0.15) is 0 Å². The number of alkyl halides is 2. The number of ether oxygens (including phenoxy) is 1. The molecule has 1 saturated carbocycles. The van der Waals surface area contributed by atoms with E-state index in [1.807, 2.05) is 6.07 Å². The Hall–Kier alpha value is -1.83. The summed E-state index contributed by atoms with van der Waals surface area (Å²) in [5.41, 5.74) is 4.46. The molecule has 2 N–H and O–H groups in total. The molecule has 8 heteroatoms. The zero-order chi connectivity index (χ0) is 20.7. The van der Waals surface area contributed by atoms with Crippen molar-refractivity contribution in [2.45, 2.75) is 45.1 Å². The van der Waals surface area contributed by atoms with E-state index < -0.39 is 53.5 Å². The minimum Gasteiger partial charge on any atom is -0.462 e. The van der Waals surface area contributed by atoms with Gasteiger partial charge in [-0.25, -0.2) is 8.78 Å². The Morgan fingerprint density at radius 2 is 2.14 bits per heavy atom. The zero-order valence-electron chi connectivity index (χ0n) is 15.7. The number of aromatic nitrogens is 1. The van der Waals surface area contributed by atoms with Crippen LogP contribution < -0.4 is 5.73 Å². The number of nitrogens with two attached hydrogens (primary N) is 1. The average molecular weight is 457 g/mol. The van der Waals surface area contributed by atoms with Crippen LogP contribution in [-0.2, 0) is 14.3 Å². The van der Waals surface area contributed by atoms with Crippen LogP contribution in [-0.4, -0.2) is 28.9 Å². The van der Waals surface area contributed by atoms with Crippen molar-refractivity contribution in [3.8, 4) is 0 Å². The molecule has 28 heavy (non-hydrogen) atoms. The first-order valence-corrected chi connectivity index (χ1v) is 10.0. The van der Waals surface area contributed by atoms with Gasteiger partial charge >= 0.3 is 5.97 Å². The molecular weight excluding hydrogens is 434 g/mol. The van der Waals surface area contributed by atoms with Gasteiger partial charge in [0.15, 0.2) is 0 Å². The van der Waals surface area contributed by atoms with Crippen LogP contribution in [0.5, 0.6) is 0 Å². The fourth-order valence-electron chi connectivity index (χ4n) is 4.68. The summed E-state index contributed by atoms with van der Waals surface area (Å²) in [6.45, 7) is 3.22. The van der Waals surface area contributed by atoms with Crippen LogP contribution in [0.15, 0.2) is 28.9 Å². The zero-order valence-corrected chi connectivity index (χ0v) is 17.3. The van der Waals surface area contributed by atoms with Crippen molar-refractivity contribution in [3.05, 3.63) is 34.6 Å². The second-order valence-corrected chi connectivity index (χ2v) is 8.74. The Kier molecular flexibility index (Phi) is 5.62. The average Bonchev–Trinajstić information content (AvgIpc) is 2.85. The SMILES string of the molecule is C[C@H]1OC(=O)[C@]2(CCC(N)=O)CC(F)(F)[C@@H](C)[C@H](/C=C/c3ccc(Br)cn3)[C@H]12. The van der Waals surface area contributed by atoms with Crippen molar-refractivity contribution < 1.29 is 23.1 Å². The molecule has 0 aromatic carbocycles. The molecule has 1 aromatic rings. The molecule has 0 spiro atoms. The van der Waals surface area contributed by atoms with E-state index in [0.717, 1.165) is 4.47 Å². The highest BCUT2D eigenvalue weighted by molar-refractivity contribution is 9.10. The number of cyclic esters (lactones) is 1.